The van der Waals surface area contributed by atoms with Crippen LogP contribution in [0.4, 0.5) is 4.39 Å². The molecule has 1 fully saturated rings. The normalized spacial score (nSPS) is 19.1. The Kier molecular flexibility index (Phi) is 7.24. The molecule has 0 radical (unpaired) electrons. The molecule has 180 valence electrons. The van der Waals surface area contributed by atoms with Crippen LogP contribution in [0.15, 0.2) is 85.5 Å². The van der Waals surface area contributed by atoms with Crippen molar-refractivity contribution in [3.8, 4) is 23.0 Å². The summed E-state index contributed by atoms with van der Waals surface area (Å²) in [6.45, 7) is 3.81. The number of nitrogens with one attached hydrogen (secondary N) is 1. The SMILES string of the molecule is C=CC(=O)OC(=O)[C@@]1(c2ccccc2Oc2cccc(Oc3ccccc3F)c2)NCCC1OC. The number of para-hydroxylation sites is 2. The molecule has 4 rings (SSSR count). The van der Waals surface area contributed by atoms with Crippen LogP contribution in [0.25, 0.3) is 0 Å². The largest absolute Gasteiger partial charge is 0.457 e. The molecule has 1 aliphatic heterocycles. The molecule has 0 aliphatic carbocycles. The number of halogens is 1. The van der Waals surface area contributed by atoms with Gasteiger partial charge in [0.1, 0.15) is 17.2 Å². The van der Waals surface area contributed by atoms with Crippen molar-refractivity contribution in [3.05, 3.63) is 96.8 Å². The molecule has 0 aromatic heterocycles. The Morgan fingerprint density at radius 2 is 1.66 bits per heavy atom. The highest BCUT2D eigenvalue weighted by Gasteiger charge is 2.54. The summed E-state index contributed by atoms with van der Waals surface area (Å²) in [5.41, 5.74) is -1.04. The number of methoxy groups -OCH3 is 1. The van der Waals surface area contributed by atoms with Crippen molar-refractivity contribution >= 4 is 11.9 Å². The van der Waals surface area contributed by atoms with E-state index in [0.29, 0.717) is 35.8 Å². The van der Waals surface area contributed by atoms with E-state index in [0.717, 1.165) is 6.08 Å². The summed E-state index contributed by atoms with van der Waals surface area (Å²) in [6.07, 6.45) is 0.813. The lowest BCUT2D eigenvalue weighted by molar-refractivity contribution is -0.165. The second-order valence-electron chi connectivity index (χ2n) is 7.77. The van der Waals surface area contributed by atoms with Crippen molar-refractivity contribution < 1.29 is 32.9 Å². The van der Waals surface area contributed by atoms with E-state index in [2.05, 4.69) is 11.9 Å². The first-order valence-electron chi connectivity index (χ1n) is 10.9. The minimum atomic E-state index is -1.48. The Balaban J connectivity index is 1.68. The molecule has 3 aromatic rings. The average molecular weight is 477 g/mol. The van der Waals surface area contributed by atoms with Crippen molar-refractivity contribution in [2.45, 2.75) is 18.1 Å². The molecular formula is C27H24FNO6. The maximum atomic E-state index is 14.0. The predicted molar refractivity (Wildman–Crippen MR) is 126 cm³/mol. The summed E-state index contributed by atoms with van der Waals surface area (Å²) in [4.78, 5) is 25.1. The zero-order valence-corrected chi connectivity index (χ0v) is 19.0. The number of rotatable bonds is 8. The molecule has 0 amide bonds. The van der Waals surface area contributed by atoms with Crippen molar-refractivity contribution in [2.24, 2.45) is 0 Å². The van der Waals surface area contributed by atoms with Crippen LogP contribution in [0.5, 0.6) is 23.0 Å². The first-order valence-corrected chi connectivity index (χ1v) is 10.9. The zero-order valence-electron chi connectivity index (χ0n) is 19.0. The third kappa shape index (κ3) is 4.94. The summed E-state index contributed by atoms with van der Waals surface area (Å²) in [7, 11) is 1.49. The molecule has 2 atom stereocenters. The van der Waals surface area contributed by atoms with E-state index in [1.807, 2.05) is 0 Å². The molecule has 8 heteroatoms. The number of carbonyl (C=O) groups is 2. The fourth-order valence-corrected chi connectivity index (χ4v) is 4.09. The summed E-state index contributed by atoms with van der Waals surface area (Å²) in [5, 5.41) is 3.16. The highest BCUT2D eigenvalue weighted by Crippen LogP contribution is 2.41. The van der Waals surface area contributed by atoms with Crippen LogP contribution in [-0.2, 0) is 24.6 Å². The minimum Gasteiger partial charge on any atom is -0.457 e. The zero-order chi connectivity index (χ0) is 24.8. The second kappa shape index (κ2) is 10.5. The van der Waals surface area contributed by atoms with Crippen LogP contribution < -0.4 is 14.8 Å². The summed E-state index contributed by atoms with van der Waals surface area (Å²) < 4.78 is 36.4. The van der Waals surface area contributed by atoms with Gasteiger partial charge in [0.2, 0.25) is 0 Å². The lowest BCUT2D eigenvalue weighted by Crippen LogP contribution is -2.53. The molecule has 1 N–H and O–H groups in total. The summed E-state index contributed by atoms with van der Waals surface area (Å²) in [6, 6.07) is 19.7. The Morgan fingerprint density at radius 3 is 2.34 bits per heavy atom. The van der Waals surface area contributed by atoms with Gasteiger partial charge in [-0.3, -0.25) is 5.32 Å². The van der Waals surface area contributed by atoms with Gasteiger partial charge in [0.25, 0.3) is 0 Å². The molecule has 0 spiro atoms. The first-order chi connectivity index (χ1) is 17.0. The number of esters is 2. The number of carbonyl (C=O) groups excluding carboxylic acids is 2. The summed E-state index contributed by atoms with van der Waals surface area (Å²) >= 11 is 0. The molecule has 1 unspecified atom stereocenters. The highest BCUT2D eigenvalue weighted by atomic mass is 19.1. The maximum absolute atomic E-state index is 14.0. The van der Waals surface area contributed by atoms with Gasteiger partial charge in [-0.05, 0) is 43.3 Å². The Bertz CT molecular complexity index is 1250. The minimum absolute atomic E-state index is 0.0803. The number of hydrogen-bond donors (Lipinski definition) is 1. The van der Waals surface area contributed by atoms with Gasteiger partial charge in [0.05, 0.1) is 6.10 Å². The number of benzene rings is 3. The van der Waals surface area contributed by atoms with Crippen LogP contribution in [0.3, 0.4) is 0 Å². The molecule has 1 aliphatic rings. The van der Waals surface area contributed by atoms with Gasteiger partial charge in [0, 0.05) is 24.8 Å². The van der Waals surface area contributed by atoms with Gasteiger partial charge in [-0.2, -0.15) is 0 Å². The van der Waals surface area contributed by atoms with Crippen LogP contribution in [0.2, 0.25) is 0 Å². The maximum Gasteiger partial charge on any atom is 0.341 e. The second-order valence-corrected chi connectivity index (χ2v) is 7.77. The van der Waals surface area contributed by atoms with E-state index >= 15 is 0 Å². The third-order valence-corrected chi connectivity index (χ3v) is 5.67. The van der Waals surface area contributed by atoms with Gasteiger partial charge in [0.15, 0.2) is 17.1 Å². The smallest absolute Gasteiger partial charge is 0.341 e. The lowest BCUT2D eigenvalue weighted by atomic mass is 9.85. The number of ether oxygens (including phenoxy) is 4. The first kappa shape index (κ1) is 24.1. The van der Waals surface area contributed by atoms with E-state index in [4.69, 9.17) is 18.9 Å². The Hall–Kier alpha value is -4.01. The molecular weight excluding hydrogens is 453 g/mol. The lowest BCUT2D eigenvalue weighted by Gasteiger charge is -2.33. The van der Waals surface area contributed by atoms with Crippen molar-refractivity contribution in [1.82, 2.24) is 5.32 Å². The number of hydrogen-bond acceptors (Lipinski definition) is 7. The van der Waals surface area contributed by atoms with Crippen LogP contribution >= 0.6 is 0 Å². The fourth-order valence-electron chi connectivity index (χ4n) is 4.09. The highest BCUT2D eigenvalue weighted by molar-refractivity contribution is 5.97. The molecule has 0 saturated carbocycles. The average Bonchev–Trinajstić information content (AvgIpc) is 3.31. The van der Waals surface area contributed by atoms with Gasteiger partial charge >= 0.3 is 11.9 Å². The Labute approximate surface area is 202 Å². The topological polar surface area (TPSA) is 83.1 Å². The van der Waals surface area contributed by atoms with E-state index in [1.165, 1.54) is 19.2 Å². The van der Waals surface area contributed by atoms with Gasteiger partial charge in [-0.1, -0.05) is 43.0 Å². The fraction of sp³-hybridized carbons (Fsp3) is 0.185. The Morgan fingerprint density at radius 1 is 1.00 bits per heavy atom. The van der Waals surface area contributed by atoms with Crippen LogP contribution in [0.1, 0.15) is 12.0 Å². The van der Waals surface area contributed by atoms with Crippen molar-refractivity contribution in [3.63, 3.8) is 0 Å². The molecule has 3 aromatic carbocycles. The van der Waals surface area contributed by atoms with E-state index in [-0.39, 0.29) is 5.75 Å². The molecule has 7 nitrogen and oxygen atoms in total. The van der Waals surface area contributed by atoms with E-state index < -0.39 is 29.4 Å². The quantitative estimate of drug-likeness (QED) is 0.282. The summed E-state index contributed by atoms with van der Waals surface area (Å²) in [5.74, 6) is -0.995. The van der Waals surface area contributed by atoms with Gasteiger partial charge in [-0.15, -0.1) is 0 Å². The van der Waals surface area contributed by atoms with E-state index in [1.54, 1.807) is 60.7 Å². The molecule has 1 heterocycles. The van der Waals surface area contributed by atoms with Crippen LogP contribution in [-0.4, -0.2) is 31.7 Å². The molecule has 1 saturated heterocycles. The molecule has 35 heavy (non-hydrogen) atoms. The third-order valence-electron chi connectivity index (χ3n) is 5.67. The molecule has 0 bridgehead atoms. The van der Waals surface area contributed by atoms with E-state index in [9.17, 15) is 14.0 Å². The standard InChI is InChI=1S/C27H24FNO6/c1-3-25(30)35-26(31)27(24(32-2)15-16-29-27)20-11-4-6-13-22(20)33-18-9-8-10-19(17-18)34-23-14-7-5-12-21(23)28/h3-14,17,24,29H,1,15-16H2,2H3/t24?,27-/m0/s1. The van der Waals surface area contributed by atoms with Gasteiger partial charge < -0.3 is 18.9 Å². The van der Waals surface area contributed by atoms with Crippen LogP contribution in [0, 0.1) is 5.82 Å². The predicted octanol–water partition coefficient (Wildman–Crippen LogP) is 4.87. The van der Waals surface area contributed by atoms with Gasteiger partial charge in [-0.25, -0.2) is 14.0 Å². The van der Waals surface area contributed by atoms with Crippen molar-refractivity contribution in [2.75, 3.05) is 13.7 Å². The van der Waals surface area contributed by atoms with Crippen molar-refractivity contribution in [1.29, 1.82) is 0 Å². The monoisotopic (exact) mass is 477 g/mol.